The molecule has 1 aliphatic rings. The number of hydrogen-bond donors (Lipinski definition) is 1. The summed E-state index contributed by atoms with van der Waals surface area (Å²) in [6, 6.07) is -0.103. The second kappa shape index (κ2) is 5.74. The van der Waals surface area contributed by atoms with Gasteiger partial charge in [0, 0.05) is 36.8 Å². The number of hydrogen-bond acceptors (Lipinski definition) is 5. The summed E-state index contributed by atoms with van der Waals surface area (Å²) >= 11 is 1.68. The first-order valence-electron chi connectivity index (χ1n) is 6.24. The Bertz CT molecular complexity index is 603. The van der Waals surface area contributed by atoms with Crippen LogP contribution in [-0.2, 0) is 10.0 Å². The van der Waals surface area contributed by atoms with Gasteiger partial charge in [0.2, 0.25) is 5.03 Å². The van der Waals surface area contributed by atoms with Gasteiger partial charge in [-0.15, -0.1) is 0 Å². The maximum atomic E-state index is 12.5. The topological polar surface area (TPSA) is 92.5 Å². The largest absolute Gasteiger partial charge is 0.478 e. The molecule has 2 rings (SSSR count). The van der Waals surface area contributed by atoms with Crippen LogP contribution in [0.2, 0.25) is 0 Å². The number of carboxylic acid groups (broad SMARTS) is 1. The molecular formula is C11H17N3O4S2. The standard InChI is InChI=1S/C11H17N3O4S2/c1-8(2)14-7-9(11(15)16)10(12-14)20(17,18)13-3-5-19-6-4-13/h7-8H,3-6H2,1-2H3,(H,15,16). The second-order valence-corrected chi connectivity index (χ2v) is 7.82. The van der Waals surface area contributed by atoms with E-state index in [2.05, 4.69) is 5.10 Å². The highest BCUT2D eigenvalue weighted by molar-refractivity contribution is 7.99. The summed E-state index contributed by atoms with van der Waals surface area (Å²) in [7, 11) is -3.84. The molecule has 0 saturated carbocycles. The van der Waals surface area contributed by atoms with Crippen LogP contribution in [0.1, 0.15) is 30.2 Å². The minimum atomic E-state index is -3.84. The van der Waals surface area contributed by atoms with E-state index in [1.54, 1.807) is 11.8 Å². The summed E-state index contributed by atoms with van der Waals surface area (Å²) in [6.45, 7) is 4.40. The zero-order valence-corrected chi connectivity index (χ0v) is 12.9. The maximum absolute atomic E-state index is 12.5. The van der Waals surface area contributed by atoms with Crippen LogP contribution in [0.25, 0.3) is 0 Å². The lowest BCUT2D eigenvalue weighted by Crippen LogP contribution is -2.38. The highest BCUT2D eigenvalue weighted by atomic mass is 32.2. The van der Waals surface area contributed by atoms with Gasteiger partial charge in [-0.05, 0) is 13.8 Å². The minimum Gasteiger partial charge on any atom is -0.478 e. The Balaban J connectivity index is 2.46. The number of nitrogens with zero attached hydrogens (tertiary/aromatic N) is 3. The third-order valence-corrected chi connectivity index (χ3v) is 5.79. The molecule has 0 spiro atoms. The van der Waals surface area contributed by atoms with Crippen LogP contribution in [0.4, 0.5) is 0 Å². The van der Waals surface area contributed by atoms with Crippen molar-refractivity contribution in [3.8, 4) is 0 Å². The van der Waals surface area contributed by atoms with Gasteiger partial charge in [0.15, 0.2) is 0 Å². The Labute approximate surface area is 122 Å². The number of carboxylic acids is 1. The van der Waals surface area contributed by atoms with Crippen molar-refractivity contribution in [2.75, 3.05) is 24.6 Å². The first kappa shape index (κ1) is 15.3. The van der Waals surface area contributed by atoms with Crippen LogP contribution < -0.4 is 0 Å². The molecule has 0 atom stereocenters. The molecule has 9 heteroatoms. The van der Waals surface area contributed by atoms with Crippen molar-refractivity contribution < 1.29 is 18.3 Å². The molecule has 20 heavy (non-hydrogen) atoms. The van der Waals surface area contributed by atoms with E-state index in [4.69, 9.17) is 0 Å². The fraction of sp³-hybridized carbons (Fsp3) is 0.636. The molecule has 0 bridgehead atoms. The first-order chi connectivity index (χ1) is 9.34. The summed E-state index contributed by atoms with van der Waals surface area (Å²) in [5, 5.41) is 12.8. The number of aromatic carboxylic acids is 1. The van der Waals surface area contributed by atoms with E-state index in [1.807, 2.05) is 13.8 Å². The van der Waals surface area contributed by atoms with Crippen LogP contribution >= 0.6 is 11.8 Å². The summed E-state index contributed by atoms with van der Waals surface area (Å²) in [5.74, 6) is 0.154. The minimum absolute atomic E-state index is 0.103. The molecule has 0 aromatic carbocycles. The summed E-state index contributed by atoms with van der Waals surface area (Å²) in [5.41, 5.74) is -0.267. The van der Waals surface area contributed by atoms with Crippen LogP contribution in [0.15, 0.2) is 11.2 Å². The first-order valence-corrected chi connectivity index (χ1v) is 8.84. The van der Waals surface area contributed by atoms with E-state index in [9.17, 15) is 18.3 Å². The van der Waals surface area contributed by atoms with E-state index < -0.39 is 16.0 Å². The zero-order valence-electron chi connectivity index (χ0n) is 11.3. The fourth-order valence-electron chi connectivity index (χ4n) is 1.89. The highest BCUT2D eigenvalue weighted by Gasteiger charge is 2.33. The summed E-state index contributed by atoms with van der Waals surface area (Å²) in [6.07, 6.45) is 1.28. The normalized spacial score (nSPS) is 17.6. The number of thioether (sulfide) groups is 1. The zero-order chi connectivity index (χ0) is 14.9. The van der Waals surface area contributed by atoms with Crippen molar-refractivity contribution in [2.45, 2.75) is 24.9 Å². The van der Waals surface area contributed by atoms with Gasteiger partial charge in [0.1, 0.15) is 5.56 Å². The maximum Gasteiger partial charge on any atom is 0.340 e. The molecule has 1 saturated heterocycles. The van der Waals surface area contributed by atoms with Gasteiger partial charge < -0.3 is 5.11 Å². The average Bonchev–Trinajstić information content (AvgIpc) is 2.86. The quantitative estimate of drug-likeness (QED) is 0.886. The fourth-order valence-corrected chi connectivity index (χ4v) is 4.54. The third-order valence-electron chi connectivity index (χ3n) is 3.01. The van der Waals surface area contributed by atoms with Crippen molar-refractivity contribution in [3.63, 3.8) is 0 Å². The molecule has 1 aliphatic heterocycles. The van der Waals surface area contributed by atoms with Gasteiger partial charge in [0.05, 0.1) is 0 Å². The molecule has 7 nitrogen and oxygen atoms in total. The van der Waals surface area contributed by atoms with Gasteiger partial charge in [-0.25, -0.2) is 13.2 Å². The molecule has 1 aromatic rings. The predicted octanol–water partition coefficient (Wildman–Crippen LogP) is 0.900. The van der Waals surface area contributed by atoms with Gasteiger partial charge in [-0.1, -0.05) is 0 Å². The van der Waals surface area contributed by atoms with Crippen molar-refractivity contribution in [3.05, 3.63) is 11.8 Å². The Kier molecular flexibility index (Phi) is 4.40. The van der Waals surface area contributed by atoms with Gasteiger partial charge in [-0.3, -0.25) is 4.68 Å². The van der Waals surface area contributed by atoms with E-state index >= 15 is 0 Å². The number of rotatable bonds is 4. The molecule has 0 unspecified atom stereocenters. The number of sulfonamides is 1. The van der Waals surface area contributed by atoms with Crippen molar-refractivity contribution in [1.29, 1.82) is 0 Å². The molecule has 1 aromatic heterocycles. The van der Waals surface area contributed by atoms with E-state index in [0.717, 1.165) is 0 Å². The summed E-state index contributed by atoms with van der Waals surface area (Å²) < 4.78 is 27.7. The molecule has 1 N–H and O–H groups in total. The smallest absolute Gasteiger partial charge is 0.340 e. The molecule has 2 heterocycles. The lowest BCUT2D eigenvalue weighted by molar-refractivity contribution is 0.0692. The lowest BCUT2D eigenvalue weighted by atomic mass is 10.3. The third kappa shape index (κ3) is 2.84. The summed E-state index contributed by atoms with van der Waals surface area (Å²) in [4.78, 5) is 11.2. The van der Waals surface area contributed by atoms with E-state index in [0.29, 0.717) is 24.6 Å². The molecule has 0 aliphatic carbocycles. The Morgan fingerprint density at radius 2 is 2.00 bits per heavy atom. The second-order valence-electron chi connectivity index (χ2n) is 4.74. The molecule has 0 radical (unpaired) electrons. The Morgan fingerprint density at radius 3 is 2.50 bits per heavy atom. The average molecular weight is 319 g/mol. The van der Waals surface area contributed by atoms with Crippen molar-refractivity contribution in [2.24, 2.45) is 0 Å². The molecular weight excluding hydrogens is 302 g/mol. The van der Waals surface area contributed by atoms with Gasteiger partial charge in [0.25, 0.3) is 10.0 Å². The van der Waals surface area contributed by atoms with Crippen LogP contribution in [0.3, 0.4) is 0 Å². The highest BCUT2D eigenvalue weighted by Crippen LogP contribution is 2.23. The SMILES string of the molecule is CC(C)n1cc(C(=O)O)c(S(=O)(=O)N2CCSCC2)n1. The Morgan fingerprint density at radius 1 is 1.40 bits per heavy atom. The van der Waals surface area contributed by atoms with Crippen LogP contribution in [0, 0.1) is 0 Å². The monoisotopic (exact) mass is 319 g/mol. The van der Waals surface area contributed by atoms with E-state index in [-0.39, 0.29) is 16.6 Å². The molecule has 112 valence electrons. The predicted molar refractivity (Wildman–Crippen MR) is 75.7 cm³/mol. The lowest BCUT2D eigenvalue weighted by Gasteiger charge is -2.24. The Hall–Kier alpha value is -1.06. The van der Waals surface area contributed by atoms with Crippen molar-refractivity contribution >= 4 is 27.8 Å². The van der Waals surface area contributed by atoms with Crippen LogP contribution in [0.5, 0.6) is 0 Å². The molecule has 1 fully saturated rings. The van der Waals surface area contributed by atoms with Crippen molar-refractivity contribution in [1.82, 2.24) is 14.1 Å². The number of aromatic nitrogens is 2. The number of carbonyl (C=O) groups is 1. The molecule has 0 amide bonds. The van der Waals surface area contributed by atoms with E-state index in [1.165, 1.54) is 15.2 Å². The van der Waals surface area contributed by atoms with Gasteiger partial charge >= 0.3 is 5.97 Å². The van der Waals surface area contributed by atoms with Crippen LogP contribution in [-0.4, -0.2) is 58.2 Å². The van der Waals surface area contributed by atoms with Gasteiger partial charge in [-0.2, -0.15) is 21.2 Å².